The zero-order chi connectivity index (χ0) is 13.1. The number of rotatable bonds is 2. The summed E-state index contributed by atoms with van der Waals surface area (Å²) in [4.78, 5) is 0. The van der Waals surface area contributed by atoms with Crippen molar-refractivity contribution in [3.05, 3.63) is 66.7 Å². The Balaban J connectivity index is 2.12. The molecule has 0 spiro atoms. The second-order valence-electron chi connectivity index (χ2n) is 4.26. The van der Waals surface area contributed by atoms with Crippen LogP contribution in [0.5, 0.6) is 0 Å². The third kappa shape index (κ3) is 2.31. The quantitative estimate of drug-likeness (QED) is 0.707. The first-order valence-electron chi connectivity index (χ1n) is 6.08. The van der Waals surface area contributed by atoms with Gasteiger partial charge in [0.15, 0.2) is 5.82 Å². The highest BCUT2D eigenvalue weighted by molar-refractivity contribution is 5.77. The summed E-state index contributed by atoms with van der Waals surface area (Å²) in [6, 6.07) is 21.9. The smallest absolute Gasteiger partial charge is 0.154 e. The molecule has 0 saturated heterocycles. The Bertz CT molecular complexity index is 679. The van der Waals surface area contributed by atoms with E-state index in [1.807, 2.05) is 66.7 Å². The number of nitrogens with zero attached hydrogens (tertiary/aromatic N) is 2. The molecule has 92 valence electrons. The highest BCUT2D eigenvalue weighted by Crippen LogP contribution is 2.27. The minimum Gasteiger partial charge on any atom is -0.382 e. The standard InChI is InChI=1S/C16H13N3/c17-16-14(12-7-3-1-4-8-12)11-15(18-19-16)13-9-5-2-6-10-13/h1-11H,(H2,17,19)/i17+1. The van der Waals surface area contributed by atoms with Crippen LogP contribution in [0.15, 0.2) is 66.7 Å². The van der Waals surface area contributed by atoms with E-state index in [0.29, 0.717) is 5.82 Å². The normalized spacial score (nSPS) is 10.3. The van der Waals surface area contributed by atoms with Crippen LogP contribution in [0.4, 0.5) is 5.82 Å². The van der Waals surface area contributed by atoms with Gasteiger partial charge in [0, 0.05) is 11.1 Å². The van der Waals surface area contributed by atoms with Gasteiger partial charge >= 0.3 is 0 Å². The predicted octanol–water partition coefficient (Wildman–Crippen LogP) is 3.39. The Morgan fingerprint density at radius 3 is 1.89 bits per heavy atom. The van der Waals surface area contributed by atoms with Crippen LogP contribution >= 0.6 is 0 Å². The summed E-state index contributed by atoms with van der Waals surface area (Å²) < 4.78 is 0. The Morgan fingerprint density at radius 1 is 0.684 bits per heavy atom. The van der Waals surface area contributed by atoms with E-state index >= 15 is 0 Å². The Hall–Kier alpha value is -2.68. The zero-order valence-corrected chi connectivity index (χ0v) is 10.3. The van der Waals surface area contributed by atoms with E-state index in [0.717, 1.165) is 22.4 Å². The van der Waals surface area contributed by atoms with Crippen LogP contribution < -0.4 is 5.73 Å². The van der Waals surface area contributed by atoms with Crippen molar-refractivity contribution in [2.45, 2.75) is 0 Å². The molecule has 2 aromatic carbocycles. The lowest BCUT2D eigenvalue weighted by Gasteiger charge is -2.07. The summed E-state index contributed by atoms with van der Waals surface area (Å²) >= 11 is 0. The van der Waals surface area contributed by atoms with Gasteiger partial charge in [0.05, 0.1) is 5.69 Å². The van der Waals surface area contributed by atoms with Gasteiger partial charge in [-0.25, -0.2) is 0 Å². The first-order chi connectivity index (χ1) is 9.34. The molecule has 1 heterocycles. The van der Waals surface area contributed by atoms with E-state index in [2.05, 4.69) is 10.2 Å². The van der Waals surface area contributed by atoms with E-state index in [-0.39, 0.29) is 0 Å². The lowest BCUT2D eigenvalue weighted by atomic mass is 10.0. The van der Waals surface area contributed by atoms with Crippen molar-refractivity contribution in [1.29, 1.82) is 0 Å². The molecule has 2 N–H and O–H groups in total. The maximum Gasteiger partial charge on any atom is 0.154 e. The van der Waals surface area contributed by atoms with Gasteiger partial charge in [0.25, 0.3) is 0 Å². The zero-order valence-electron chi connectivity index (χ0n) is 10.3. The highest BCUT2D eigenvalue weighted by Gasteiger charge is 2.07. The Labute approximate surface area is 111 Å². The van der Waals surface area contributed by atoms with Crippen molar-refractivity contribution in [3.63, 3.8) is 0 Å². The fourth-order valence-corrected chi connectivity index (χ4v) is 2.00. The van der Waals surface area contributed by atoms with Gasteiger partial charge in [0.1, 0.15) is 0 Å². The lowest BCUT2D eigenvalue weighted by Crippen LogP contribution is -1.98. The maximum absolute atomic E-state index is 5.93. The van der Waals surface area contributed by atoms with Crippen molar-refractivity contribution in [2.75, 3.05) is 5.73 Å². The van der Waals surface area contributed by atoms with Crippen LogP contribution in [-0.2, 0) is 0 Å². The monoisotopic (exact) mass is 248 g/mol. The number of benzene rings is 2. The number of nitrogens with two attached hydrogens (primary N) is 1. The average Bonchev–Trinajstić information content (AvgIpc) is 2.49. The molecular formula is C16H13N3. The molecule has 0 aliphatic carbocycles. The summed E-state index contributed by atoms with van der Waals surface area (Å²) in [5, 5.41) is 8.22. The second kappa shape index (κ2) is 4.90. The van der Waals surface area contributed by atoms with E-state index in [4.69, 9.17) is 5.73 Å². The van der Waals surface area contributed by atoms with E-state index in [9.17, 15) is 0 Å². The molecule has 0 radical (unpaired) electrons. The fraction of sp³-hybridized carbons (Fsp3) is 0. The number of nitrogen functional groups attached to an aromatic ring is 1. The Morgan fingerprint density at radius 2 is 1.26 bits per heavy atom. The molecule has 0 aliphatic rings. The molecule has 0 unspecified atom stereocenters. The molecule has 3 heteroatoms. The number of anilines is 1. The largest absolute Gasteiger partial charge is 0.382 e. The van der Waals surface area contributed by atoms with Crippen molar-refractivity contribution < 1.29 is 0 Å². The molecule has 0 atom stereocenters. The minimum absolute atomic E-state index is 0.450. The summed E-state index contributed by atoms with van der Waals surface area (Å²) in [6.07, 6.45) is 0. The van der Waals surface area contributed by atoms with E-state index in [1.54, 1.807) is 0 Å². The molecule has 3 aromatic rings. The number of hydrogen-bond donors (Lipinski definition) is 1. The lowest BCUT2D eigenvalue weighted by molar-refractivity contribution is 1.05. The predicted molar refractivity (Wildman–Crippen MR) is 77.3 cm³/mol. The molecule has 0 amide bonds. The van der Waals surface area contributed by atoms with Crippen LogP contribution in [0, 0.1) is 0 Å². The van der Waals surface area contributed by atoms with Gasteiger partial charge in [0.2, 0.25) is 0 Å². The molecule has 3 nitrogen and oxygen atoms in total. The van der Waals surface area contributed by atoms with Gasteiger partial charge in [-0.05, 0) is 11.6 Å². The molecule has 0 saturated carbocycles. The van der Waals surface area contributed by atoms with Gasteiger partial charge < -0.3 is 5.73 Å². The van der Waals surface area contributed by atoms with Crippen molar-refractivity contribution in [2.24, 2.45) is 0 Å². The molecule has 3 rings (SSSR count). The third-order valence-electron chi connectivity index (χ3n) is 2.98. The van der Waals surface area contributed by atoms with Crippen LogP contribution in [0.3, 0.4) is 0 Å². The van der Waals surface area contributed by atoms with Crippen LogP contribution in [0.1, 0.15) is 0 Å². The Kier molecular flexibility index (Phi) is 2.94. The summed E-state index contributed by atoms with van der Waals surface area (Å²) in [5.74, 6) is 0.450. The van der Waals surface area contributed by atoms with Crippen molar-refractivity contribution >= 4 is 5.82 Å². The van der Waals surface area contributed by atoms with Crippen molar-refractivity contribution in [1.82, 2.24) is 10.2 Å². The second-order valence-corrected chi connectivity index (χ2v) is 4.26. The number of aromatic nitrogens is 2. The van der Waals surface area contributed by atoms with Crippen LogP contribution in [0.2, 0.25) is 0 Å². The topological polar surface area (TPSA) is 51.8 Å². The molecule has 0 fully saturated rings. The van der Waals surface area contributed by atoms with Crippen LogP contribution in [-0.4, -0.2) is 10.2 Å². The average molecular weight is 248 g/mol. The SMILES string of the molecule is [15NH2]c1nnc(-c2ccccc2)cc1-c1ccccc1. The van der Waals surface area contributed by atoms with E-state index < -0.39 is 0 Å². The third-order valence-corrected chi connectivity index (χ3v) is 2.98. The van der Waals surface area contributed by atoms with Crippen molar-refractivity contribution in [3.8, 4) is 22.4 Å². The molecular weight excluding hydrogens is 235 g/mol. The fourth-order valence-electron chi connectivity index (χ4n) is 2.00. The first kappa shape index (κ1) is 11.4. The van der Waals surface area contributed by atoms with Crippen LogP contribution in [0.25, 0.3) is 22.4 Å². The maximum atomic E-state index is 5.93. The summed E-state index contributed by atoms with van der Waals surface area (Å²) in [7, 11) is 0. The first-order valence-corrected chi connectivity index (χ1v) is 6.08. The molecule has 0 aliphatic heterocycles. The van der Waals surface area contributed by atoms with E-state index in [1.165, 1.54) is 0 Å². The number of hydrogen-bond acceptors (Lipinski definition) is 3. The van der Waals surface area contributed by atoms with Gasteiger partial charge in [-0.3, -0.25) is 0 Å². The molecule has 1 aromatic heterocycles. The summed E-state index contributed by atoms with van der Waals surface area (Å²) in [6.45, 7) is 0. The van der Waals surface area contributed by atoms with Gasteiger partial charge in [-0.15, -0.1) is 10.2 Å². The molecule has 19 heavy (non-hydrogen) atoms. The van der Waals surface area contributed by atoms with Gasteiger partial charge in [-0.1, -0.05) is 60.7 Å². The summed E-state index contributed by atoms with van der Waals surface area (Å²) in [5.41, 5.74) is 9.75. The minimum atomic E-state index is 0.450. The van der Waals surface area contributed by atoms with Gasteiger partial charge in [-0.2, -0.15) is 0 Å². The highest BCUT2D eigenvalue weighted by atomic mass is 15.4. The molecule has 0 bridgehead atoms.